The first-order valence-electron chi connectivity index (χ1n) is 6.51. The first-order valence-corrected chi connectivity index (χ1v) is 6.95. The molecule has 1 aliphatic rings. The summed E-state index contributed by atoms with van der Waals surface area (Å²) in [4.78, 5) is 14.2. The number of rotatable bonds is 2. The molecule has 3 heteroatoms. The van der Waals surface area contributed by atoms with Gasteiger partial charge in [0.05, 0.1) is 0 Å². The van der Waals surface area contributed by atoms with Gasteiger partial charge < -0.3 is 4.90 Å². The number of hydrogen-bond acceptors (Lipinski definition) is 1. The van der Waals surface area contributed by atoms with Crippen molar-refractivity contribution in [2.24, 2.45) is 0 Å². The Morgan fingerprint density at radius 1 is 1.11 bits per heavy atom. The zero-order valence-corrected chi connectivity index (χ0v) is 12.0. The number of nitrogens with zero attached hydrogens (tertiary/aromatic N) is 1. The highest BCUT2D eigenvalue weighted by Crippen LogP contribution is 2.29. The quantitative estimate of drug-likeness (QED) is 0.750. The smallest absolute Gasteiger partial charge is 0.245 e. The first kappa shape index (κ1) is 13.4. The van der Waals surface area contributed by atoms with E-state index >= 15 is 0 Å². The summed E-state index contributed by atoms with van der Waals surface area (Å²) >= 11 is 6.38. The van der Waals surface area contributed by atoms with Crippen molar-refractivity contribution >= 4 is 17.5 Å². The van der Waals surface area contributed by atoms with Crippen LogP contribution in [0.15, 0.2) is 12.1 Å². The molecule has 0 saturated carbocycles. The van der Waals surface area contributed by atoms with Crippen molar-refractivity contribution in [3.8, 4) is 0 Å². The van der Waals surface area contributed by atoms with Crippen LogP contribution in [-0.4, -0.2) is 23.9 Å². The monoisotopic (exact) mass is 265 g/mol. The molecule has 1 aromatic carbocycles. The molecule has 1 heterocycles. The van der Waals surface area contributed by atoms with E-state index in [2.05, 4.69) is 26.0 Å². The Morgan fingerprint density at radius 2 is 1.67 bits per heavy atom. The molecule has 1 aliphatic heterocycles. The topological polar surface area (TPSA) is 20.3 Å². The van der Waals surface area contributed by atoms with Crippen LogP contribution in [-0.2, 0) is 4.79 Å². The lowest BCUT2D eigenvalue weighted by atomic mass is 9.98. The zero-order chi connectivity index (χ0) is 13.3. The molecule has 1 fully saturated rings. The van der Waals surface area contributed by atoms with Crippen LogP contribution in [0.4, 0.5) is 0 Å². The summed E-state index contributed by atoms with van der Waals surface area (Å²) in [6, 6.07) is 4.16. The number of hydrogen-bond donors (Lipinski definition) is 0. The second-order valence-electron chi connectivity index (χ2n) is 5.19. The van der Waals surface area contributed by atoms with Crippen molar-refractivity contribution in [2.45, 2.75) is 39.0 Å². The second kappa shape index (κ2) is 5.31. The number of benzene rings is 1. The highest BCUT2D eigenvalue weighted by atomic mass is 35.5. The number of carbonyl (C=O) groups excluding carboxylic acids is 1. The molecule has 0 bridgehead atoms. The van der Waals surface area contributed by atoms with Crippen LogP contribution in [0.2, 0.25) is 0 Å². The van der Waals surface area contributed by atoms with Crippen LogP contribution >= 0.6 is 11.6 Å². The largest absolute Gasteiger partial charge is 0.341 e. The van der Waals surface area contributed by atoms with Gasteiger partial charge in [0.15, 0.2) is 0 Å². The fourth-order valence-electron chi connectivity index (χ4n) is 2.49. The predicted molar refractivity (Wildman–Crippen MR) is 75.1 cm³/mol. The van der Waals surface area contributed by atoms with E-state index in [-0.39, 0.29) is 5.91 Å². The standard InChI is InChI=1S/C15H20ClNO/c1-10-8-12(3)13(9-11(10)2)14(16)15(18)17-6-4-5-7-17/h8-9,14H,4-7H2,1-3H3. The number of alkyl halides is 1. The van der Waals surface area contributed by atoms with Gasteiger partial charge in [-0.25, -0.2) is 0 Å². The van der Waals surface area contributed by atoms with Crippen molar-refractivity contribution in [1.82, 2.24) is 4.90 Å². The summed E-state index contributed by atoms with van der Waals surface area (Å²) in [6.07, 6.45) is 2.20. The van der Waals surface area contributed by atoms with E-state index in [1.54, 1.807) is 0 Å². The van der Waals surface area contributed by atoms with E-state index in [1.807, 2.05) is 11.8 Å². The zero-order valence-electron chi connectivity index (χ0n) is 11.3. The van der Waals surface area contributed by atoms with Crippen molar-refractivity contribution in [3.63, 3.8) is 0 Å². The molecule has 0 N–H and O–H groups in total. The molecule has 1 saturated heterocycles. The average Bonchev–Trinajstić information content (AvgIpc) is 2.85. The molecule has 1 aromatic rings. The van der Waals surface area contributed by atoms with Crippen molar-refractivity contribution < 1.29 is 4.79 Å². The lowest BCUT2D eigenvalue weighted by Crippen LogP contribution is -2.30. The summed E-state index contributed by atoms with van der Waals surface area (Å²) < 4.78 is 0. The summed E-state index contributed by atoms with van der Waals surface area (Å²) in [5.74, 6) is 0.0560. The molecule has 98 valence electrons. The molecule has 0 aliphatic carbocycles. The maximum absolute atomic E-state index is 12.3. The van der Waals surface area contributed by atoms with E-state index < -0.39 is 5.38 Å². The third-order valence-electron chi connectivity index (χ3n) is 3.79. The van der Waals surface area contributed by atoms with E-state index in [4.69, 9.17) is 11.6 Å². The summed E-state index contributed by atoms with van der Waals surface area (Å²) in [5, 5.41) is -0.539. The number of aryl methyl sites for hydroxylation is 3. The normalized spacial score (nSPS) is 17.0. The SMILES string of the molecule is Cc1cc(C)c(C(Cl)C(=O)N2CCCC2)cc1C. The maximum Gasteiger partial charge on any atom is 0.245 e. The van der Waals surface area contributed by atoms with Crippen molar-refractivity contribution in [1.29, 1.82) is 0 Å². The number of amides is 1. The maximum atomic E-state index is 12.3. The Hall–Kier alpha value is -1.02. The minimum atomic E-state index is -0.539. The van der Waals surface area contributed by atoms with Crippen LogP contribution < -0.4 is 0 Å². The lowest BCUT2D eigenvalue weighted by Gasteiger charge is -2.21. The second-order valence-corrected chi connectivity index (χ2v) is 5.62. The van der Waals surface area contributed by atoms with E-state index in [9.17, 15) is 4.79 Å². The highest BCUT2D eigenvalue weighted by Gasteiger charge is 2.27. The Balaban J connectivity index is 2.25. The van der Waals surface area contributed by atoms with E-state index in [0.29, 0.717) is 0 Å². The predicted octanol–water partition coefficient (Wildman–Crippen LogP) is 3.51. The van der Waals surface area contributed by atoms with Crippen LogP contribution in [0.1, 0.15) is 40.5 Å². The third-order valence-corrected chi connectivity index (χ3v) is 4.21. The summed E-state index contributed by atoms with van der Waals surface area (Å²) in [6.45, 7) is 7.87. The third kappa shape index (κ3) is 2.54. The number of likely N-dealkylation sites (tertiary alicyclic amines) is 1. The Morgan fingerprint density at radius 3 is 2.28 bits per heavy atom. The van der Waals surface area contributed by atoms with Gasteiger partial charge in [-0.3, -0.25) is 4.79 Å². The van der Waals surface area contributed by atoms with Gasteiger partial charge in [-0.2, -0.15) is 0 Å². The minimum absolute atomic E-state index is 0.0560. The van der Waals surface area contributed by atoms with E-state index in [1.165, 1.54) is 11.1 Å². The molecule has 2 nitrogen and oxygen atoms in total. The molecule has 1 amide bonds. The van der Waals surface area contributed by atoms with Gasteiger partial charge >= 0.3 is 0 Å². The van der Waals surface area contributed by atoms with Crippen molar-refractivity contribution in [3.05, 3.63) is 34.4 Å². The van der Waals surface area contributed by atoms with Crippen LogP contribution in [0.25, 0.3) is 0 Å². The van der Waals surface area contributed by atoms with Gasteiger partial charge in [0.1, 0.15) is 5.38 Å². The molecule has 18 heavy (non-hydrogen) atoms. The molecule has 0 spiro atoms. The van der Waals surface area contributed by atoms with Gasteiger partial charge in [0.2, 0.25) is 5.91 Å². The Kier molecular flexibility index (Phi) is 3.96. The van der Waals surface area contributed by atoms with Crippen LogP contribution in [0.3, 0.4) is 0 Å². The van der Waals surface area contributed by atoms with Crippen molar-refractivity contribution in [2.75, 3.05) is 13.1 Å². The Bertz CT molecular complexity index is 464. The molecular formula is C15H20ClNO. The summed E-state index contributed by atoms with van der Waals surface area (Å²) in [5.41, 5.74) is 4.49. The number of carbonyl (C=O) groups is 1. The minimum Gasteiger partial charge on any atom is -0.341 e. The van der Waals surface area contributed by atoms with Gasteiger partial charge in [0, 0.05) is 13.1 Å². The molecule has 1 unspecified atom stereocenters. The summed E-state index contributed by atoms with van der Waals surface area (Å²) in [7, 11) is 0. The first-order chi connectivity index (χ1) is 8.50. The van der Waals surface area contributed by atoms with Crippen LogP contribution in [0.5, 0.6) is 0 Å². The van der Waals surface area contributed by atoms with Gasteiger partial charge in [-0.1, -0.05) is 12.1 Å². The highest BCUT2D eigenvalue weighted by molar-refractivity contribution is 6.30. The average molecular weight is 266 g/mol. The van der Waals surface area contributed by atoms with E-state index in [0.717, 1.165) is 37.1 Å². The fraction of sp³-hybridized carbons (Fsp3) is 0.533. The van der Waals surface area contributed by atoms with Gasteiger partial charge in [0.25, 0.3) is 0 Å². The van der Waals surface area contributed by atoms with Gasteiger partial charge in [-0.15, -0.1) is 11.6 Å². The molecular weight excluding hydrogens is 246 g/mol. The Labute approximate surface area is 114 Å². The molecule has 0 radical (unpaired) electrons. The lowest BCUT2D eigenvalue weighted by molar-refractivity contribution is -0.129. The van der Waals surface area contributed by atoms with Gasteiger partial charge in [-0.05, 0) is 55.9 Å². The fourth-order valence-corrected chi connectivity index (χ4v) is 2.86. The van der Waals surface area contributed by atoms with Crippen LogP contribution in [0, 0.1) is 20.8 Å². The molecule has 1 atom stereocenters. The molecule has 2 rings (SSSR count). The molecule has 0 aromatic heterocycles. The number of halogens is 1.